The summed E-state index contributed by atoms with van der Waals surface area (Å²) in [6, 6.07) is 30.4. The zero-order valence-corrected chi connectivity index (χ0v) is 18.3. The molecule has 5 heteroatoms. The molecule has 2 aliphatic heterocycles. The van der Waals surface area contributed by atoms with Crippen LogP contribution in [0, 0.1) is 0 Å². The molecular formula is C27H28O5. The van der Waals surface area contributed by atoms with Gasteiger partial charge in [-0.05, 0) is 30.5 Å². The van der Waals surface area contributed by atoms with Crippen LogP contribution < -0.4 is 0 Å². The van der Waals surface area contributed by atoms with Crippen molar-refractivity contribution >= 4 is 0 Å². The molecule has 3 aromatic carbocycles. The van der Waals surface area contributed by atoms with Crippen molar-refractivity contribution in [1.82, 2.24) is 0 Å². The van der Waals surface area contributed by atoms with Crippen molar-refractivity contribution < 1.29 is 24.1 Å². The highest BCUT2D eigenvalue weighted by Crippen LogP contribution is 2.42. The van der Waals surface area contributed by atoms with Crippen LogP contribution in [0.25, 0.3) is 0 Å². The molecule has 4 atom stereocenters. The average molecular weight is 433 g/mol. The number of benzene rings is 3. The molecule has 0 aromatic heterocycles. The lowest BCUT2D eigenvalue weighted by Gasteiger charge is -2.37. The highest BCUT2D eigenvalue weighted by Gasteiger charge is 2.54. The Kier molecular flexibility index (Phi) is 5.61. The van der Waals surface area contributed by atoms with E-state index in [4.69, 9.17) is 18.9 Å². The van der Waals surface area contributed by atoms with Crippen molar-refractivity contribution in [3.63, 3.8) is 0 Å². The summed E-state index contributed by atoms with van der Waals surface area (Å²) < 4.78 is 24.4. The summed E-state index contributed by atoms with van der Waals surface area (Å²) in [6.45, 7) is 3.80. The molecular weight excluding hydrogens is 404 g/mol. The third kappa shape index (κ3) is 3.76. The third-order valence-corrected chi connectivity index (χ3v) is 6.12. The highest BCUT2D eigenvalue weighted by molar-refractivity contribution is 5.47. The van der Waals surface area contributed by atoms with Gasteiger partial charge in [-0.3, -0.25) is 0 Å². The van der Waals surface area contributed by atoms with Gasteiger partial charge in [0.25, 0.3) is 0 Å². The summed E-state index contributed by atoms with van der Waals surface area (Å²) in [5, 5.41) is 10.9. The molecule has 0 saturated carbocycles. The summed E-state index contributed by atoms with van der Waals surface area (Å²) in [4.78, 5) is 0. The van der Waals surface area contributed by atoms with E-state index in [0.29, 0.717) is 0 Å². The van der Waals surface area contributed by atoms with Gasteiger partial charge in [0.15, 0.2) is 12.1 Å². The molecule has 2 aliphatic rings. The molecule has 0 unspecified atom stereocenters. The minimum atomic E-state index is -0.869. The summed E-state index contributed by atoms with van der Waals surface area (Å²) >= 11 is 0. The quantitative estimate of drug-likeness (QED) is 0.591. The van der Waals surface area contributed by atoms with Crippen LogP contribution >= 0.6 is 0 Å². The Bertz CT molecular complexity index is 925. The zero-order valence-electron chi connectivity index (χ0n) is 18.3. The Morgan fingerprint density at radius 1 is 0.781 bits per heavy atom. The van der Waals surface area contributed by atoms with Gasteiger partial charge in [0.05, 0.1) is 6.61 Å². The highest BCUT2D eigenvalue weighted by atomic mass is 16.8. The molecule has 0 aliphatic carbocycles. The third-order valence-electron chi connectivity index (χ3n) is 6.12. The zero-order chi connectivity index (χ0) is 22.2. The van der Waals surface area contributed by atoms with E-state index in [9.17, 15) is 5.11 Å². The lowest BCUT2D eigenvalue weighted by atomic mass is 9.80. The van der Waals surface area contributed by atoms with Gasteiger partial charge in [-0.25, -0.2) is 0 Å². The molecule has 2 fully saturated rings. The Morgan fingerprint density at radius 3 is 1.69 bits per heavy atom. The van der Waals surface area contributed by atoms with Crippen LogP contribution in [0.1, 0.15) is 30.5 Å². The Hall–Kier alpha value is -2.54. The first-order valence-corrected chi connectivity index (χ1v) is 11.0. The van der Waals surface area contributed by atoms with Crippen molar-refractivity contribution in [3.05, 3.63) is 108 Å². The molecule has 1 N–H and O–H groups in total. The standard InChI is InChI=1S/C27H28O5/c1-26(2)31-24-23(28)22(30-25(24)32-26)18-29-27(19-12-6-3-7-13-19,20-14-8-4-9-15-20)21-16-10-5-11-17-21/h3-17,22-25,28H,18H2,1-2H3/t22-,23+,24-,25-/m0/s1. The second kappa shape index (κ2) is 8.43. The fourth-order valence-corrected chi connectivity index (χ4v) is 4.67. The second-order valence-electron chi connectivity index (χ2n) is 8.72. The lowest BCUT2D eigenvalue weighted by Crippen LogP contribution is -2.40. The molecule has 2 saturated heterocycles. The van der Waals surface area contributed by atoms with E-state index in [0.717, 1.165) is 16.7 Å². The normalized spacial score (nSPS) is 26.7. The summed E-state index contributed by atoms with van der Waals surface area (Å²) in [7, 11) is 0. The van der Waals surface area contributed by atoms with Crippen LogP contribution in [0.4, 0.5) is 0 Å². The molecule has 166 valence electrons. The van der Waals surface area contributed by atoms with Gasteiger partial charge in [-0.1, -0.05) is 91.0 Å². The van der Waals surface area contributed by atoms with Gasteiger partial charge in [-0.15, -0.1) is 0 Å². The van der Waals surface area contributed by atoms with Gasteiger partial charge >= 0.3 is 0 Å². The topological polar surface area (TPSA) is 57.2 Å². The second-order valence-corrected chi connectivity index (χ2v) is 8.72. The summed E-state index contributed by atoms with van der Waals surface area (Å²) in [5.74, 6) is -0.774. The van der Waals surface area contributed by atoms with E-state index in [1.54, 1.807) is 0 Å². The van der Waals surface area contributed by atoms with Crippen molar-refractivity contribution in [2.24, 2.45) is 0 Å². The van der Waals surface area contributed by atoms with Gasteiger partial charge in [-0.2, -0.15) is 0 Å². The first-order chi connectivity index (χ1) is 15.5. The largest absolute Gasteiger partial charge is 0.387 e. The number of aliphatic hydroxyl groups excluding tert-OH is 1. The maximum atomic E-state index is 10.9. The molecule has 2 heterocycles. The molecule has 5 nitrogen and oxygen atoms in total. The van der Waals surface area contributed by atoms with E-state index in [1.807, 2.05) is 68.4 Å². The minimum Gasteiger partial charge on any atom is -0.387 e. The summed E-state index contributed by atoms with van der Waals surface area (Å²) in [5.41, 5.74) is 2.13. The SMILES string of the molecule is CC1(C)O[C@@H]2O[C@@H](COC(c3ccccc3)(c3ccccc3)c3ccccc3)[C@@H](O)[C@@H]2O1. The molecule has 0 radical (unpaired) electrons. The van der Waals surface area contributed by atoms with E-state index in [1.165, 1.54) is 0 Å². The fourth-order valence-electron chi connectivity index (χ4n) is 4.67. The first-order valence-electron chi connectivity index (χ1n) is 11.0. The number of hydrogen-bond donors (Lipinski definition) is 1. The Labute approximate surface area is 188 Å². The van der Waals surface area contributed by atoms with Crippen LogP contribution in [-0.2, 0) is 24.5 Å². The number of fused-ring (bicyclic) bond motifs is 1. The molecule has 3 aromatic rings. The first kappa shape index (κ1) is 21.3. The number of aliphatic hydroxyl groups is 1. The smallest absolute Gasteiger partial charge is 0.190 e. The van der Waals surface area contributed by atoms with Crippen LogP contribution in [-0.4, -0.2) is 42.1 Å². The van der Waals surface area contributed by atoms with Crippen LogP contribution in [0.5, 0.6) is 0 Å². The predicted molar refractivity (Wildman–Crippen MR) is 120 cm³/mol. The Morgan fingerprint density at radius 2 is 1.25 bits per heavy atom. The average Bonchev–Trinajstić information content (AvgIpc) is 3.28. The maximum Gasteiger partial charge on any atom is 0.190 e. The van der Waals surface area contributed by atoms with E-state index in [-0.39, 0.29) is 6.61 Å². The van der Waals surface area contributed by atoms with Gasteiger partial charge in [0, 0.05) is 0 Å². The number of rotatable bonds is 6. The maximum absolute atomic E-state index is 10.9. The van der Waals surface area contributed by atoms with Gasteiger partial charge in [0.2, 0.25) is 0 Å². The van der Waals surface area contributed by atoms with Gasteiger partial charge < -0.3 is 24.1 Å². The van der Waals surface area contributed by atoms with E-state index < -0.39 is 36.0 Å². The lowest BCUT2D eigenvalue weighted by molar-refractivity contribution is -0.223. The molecule has 0 spiro atoms. The van der Waals surface area contributed by atoms with Crippen LogP contribution in [0.2, 0.25) is 0 Å². The van der Waals surface area contributed by atoms with Crippen molar-refractivity contribution in [2.75, 3.05) is 6.61 Å². The summed E-state index contributed by atoms with van der Waals surface area (Å²) in [6.07, 6.45) is -2.55. The predicted octanol–water partition coefficient (Wildman–Crippen LogP) is 4.23. The Balaban J connectivity index is 1.51. The molecule has 0 bridgehead atoms. The van der Waals surface area contributed by atoms with Crippen molar-refractivity contribution in [2.45, 2.75) is 49.8 Å². The minimum absolute atomic E-state index is 0.167. The number of hydrogen-bond acceptors (Lipinski definition) is 5. The number of ether oxygens (including phenoxy) is 4. The van der Waals surface area contributed by atoms with Crippen molar-refractivity contribution in [3.8, 4) is 0 Å². The molecule has 5 rings (SSSR count). The molecule has 32 heavy (non-hydrogen) atoms. The monoisotopic (exact) mass is 432 g/mol. The van der Waals surface area contributed by atoms with Crippen LogP contribution in [0.15, 0.2) is 91.0 Å². The van der Waals surface area contributed by atoms with E-state index in [2.05, 4.69) is 36.4 Å². The van der Waals surface area contributed by atoms with Crippen LogP contribution in [0.3, 0.4) is 0 Å². The van der Waals surface area contributed by atoms with Crippen molar-refractivity contribution in [1.29, 1.82) is 0 Å². The van der Waals surface area contributed by atoms with E-state index >= 15 is 0 Å². The van der Waals surface area contributed by atoms with Gasteiger partial charge in [0.1, 0.15) is 23.9 Å². The molecule has 0 amide bonds. The fraction of sp³-hybridized carbons (Fsp3) is 0.333.